The van der Waals surface area contributed by atoms with Crippen LogP contribution in [0.5, 0.6) is 0 Å². The van der Waals surface area contributed by atoms with Gasteiger partial charge >= 0.3 is 5.97 Å². The number of halogens is 3. The largest absolute Gasteiger partial charge is 0.455 e. The highest BCUT2D eigenvalue weighted by Gasteiger charge is 2.36. The number of ether oxygens (including phenoxy) is 1. The van der Waals surface area contributed by atoms with Crippen molar-refractivity contribution in [1.82, 2.24) is 0 Å². The van der Waals surface area contributed by atoms with Gasteiger partial charge in [0.25, 0.3) is 5.91 Å². The summed E-state index contributed by atoms with van der Waals surface area (Å²) >= 11 is 11.6. The molecule has 1 aliphatic heterocycles. The summed E-state index contributed by atoms with van der Waals surface area (Å²) in [6.07, 6.45) is -0.0134. The number of hydrogen-bond acceptors (Lipinski definition) is 4. The van der Waals surface area contributed by atoms with Gasteiger partial charge in [0.2, 0.25) is 5.91 Å². The maximum Gasteiger partial charge on any atom is 0.311 e. The molecular formula is C19H15Cl2FN2O4. The third-order valence-corrected chi connectivity index (χ3v) is 4.65. The molecule has 146 valence electrons. The number of nitrogens with zero attached hydrogens (tertiary/aromatic N) is 1. The van der Waals surface area contributed by atoms with Crippen LogP contribution in [0.15, 0.2) is 42.5 Å². The van der Waals surface area contributed by atoms with Crippen molar-refractivity contribution in [2.75, 3.05) is 23.4 Å². The molecule has 1 aliphatic rings. The molecule has 1 N–H and O–H groups in total. The van der Waals surface area contributed by atoms with Crippen LogP contribution < -0.4 is 10.2 Å². The van der Waals surface area contributed by atoms with Gasteiger partial charge in [-0.1, -0.05) is 29.3 Å². The predicted octanol–water partition coefficient (Wildman–Crippen LogP) is 3.67. The zero-order valence-electron chi connectivity index (χ0n) is 14.5. The number of carbonyl (C=O) groups excluding carboxylic acids is 3. The zero-order chi connectivity index (χ0) is 20.3. The molecule has 0 radical (unpaired) electrons. The summed E-state index contributed by atoms with van der Waals surface area (Å²) < 4.78 is 18.1. The molecule has 2 amide bonds. The number of anilines is 2. The average Bonchev–Trinajstić information content (AvgIpc) is 3.05. The van der Waals surface area contributed by atoms with Crippen molar-refractivity contribution in [2.24, 2.45) is 5.92 Å². The molecular weight excluding hydrogens is 410 g/mol. The van der Waals surface area contributed by atoms with E-state index in [0.29, 0.717) is 10.7 Å². The maximum absolute atomic E-state index is 13.1. The van der Waals surface area contributed by atoms with Crippen molar-refractivity contribution in [3.63, 3.8) is 0 Å². The number of nitrogens with one attached hydrogen (secondary N) is 1. The Balaban J connectivity index is 1.53. The molecule has 0 unspecified atom stereocenters. The van der Waals surface area contributed by atoms with E-state index in [1.165, 1.54) is 17.0 Å². The van der Waals surface area contributed by atoms with Gasteiger partial charge in [-0.3, -0.25) is 14.4 Å². The topological polar surface area (TPSA) is 75.7 Å². The normalized spacial score (nSPS) is 16.2. The molecule has 28 heavy (non-hydrogen) atoms. The van der Waals surface area contributed by atoms with E-state index in [2.05, 4.69) is 5.32 Å². The lowest BCUT2D eigenvalue weighted by molar-refractivity contribution is -0.151. The van der Waals surface area contributed by atoms with Gasteiger partial charge in [0.1, 0.15) is 5.82 Å². The fourth-order valence-corrected chi connectivity index (χ4v) is 3.15. The molecule has 6 nitrogen and oxygen atoms in total. The third-order valence-electron chi connectivity index (χ3n) is 4.13. The first-order valence-corrected chi connectivity index (χ1v) is 9.06. The molecule has 1 atom stereocenters. The van der Waals surface area contributed by atoms with Gasteiger partial charge in [0.15, 0.2) is 6.61 Å². The Hall–Kier alpha value is -2.64. The smallest absolute Gasteiger partial charge is 0.311 e. The van der Waals surface area contributed by atoms with Gasteiger partial charge in [-0.2, -0.15) is 0 Å². The number of esters is 1. The van der Waals surface area contributed by atoms with Crippen molar-refractivity contribution < 1.29 is 23.5 Å². The summed E-state index contributed by atoms with van der Waals surface area (Å²) in [5, 5.41) is 2.79. The first-order chi connectivity index (χ1) is 13.3. The number of carbonyl (C=O) groups is 3. The van der Waals surface area contributed by atoms with Crippen molar-refractivity contribution in [1.29, 1.82) is 0 Å². The molecule has 3 rings (SSSR count). The number of rotatable bonds is 5. The Morgan fingerprint density at radius 1 is 1.21 bits per heavy atom. The van der Waals surface area contributed by atoms with Crippen molar-refractivity contribution in [2.45, 2.75) is 6.42 Å². The van der Waals surface area contributed by atoms with E-state index in [9.17, 15) is 18.8 Å². The fourth-order valence-electron chi connectivity index (χ4n) is 2.78. The van der Waals surface area contributed by atoms with E-state index >= 15 is 0 Å². The molecule has 0 saturated carbocycles. The van der Waals surface area contributed by atoms with Gasteiger partial charge < -0.3 is 15.0 Å². The summed E-state index contributed by atoms with van der Waals surface area (Å²) in [7, 11) is 0. The van der Waals surface area contributed by atoms with E-state index in [4.69, 9.17) is 27.9 Å². The Kier molecular flexibility index (Phi) is 6.16. The molecule has 9 heteroatoms. The number of hydrogen-bond donors (Lipinski definition) is 1. The Morgan fingerprint density at radius 2 is 2.00 bits per heavy atom. The Morgan fingerprint density at radius 3 is 2.71 bits per heavy atom. The first-order valence-electron chi connectivity index (χ1n) is 8.31. The van der Waals surface area contributed by atoms with Crippen LogP contribution in [0.4, 0.5) is 15.8 Å². The van der Waals surface area contributed by atoms with Gasteiger partial charge in [-0.25, -0.2) is 4.39 Å². The fraction of sp³-hybridized carbons (Fsp3) is 0.211. The highest BCUT2D eigenvalue weighted by molar-refractivity contribution is 6.31. The highest BCUT2D eigenvalue weighted by atomic mass is 35.5. The molecule has 0 bridgehead atoms. The SMILES string of the molecule is O=C(COC(=O)[C@H]1CC(=O)N(c2cccc(Cl)c2)C1)Nc1ccc(F)c(Cl)c1. The van der Waals surface area contributed by atoms with Gasteiger partial charge in [-0.05, 0) is 36.4 Å². The van der Waals surface area contributed by atoms with E-state index < -0.39 is 30.2 Å². The van der Waals surface area contributed by atoms with E-state index in [1.54, 1.807) is 24.3 Å². The second-order valence-corrected chi connectivity index (χ2v) is 7.01. The highest BCUT2D eigenvalue weighted by Crippen LogP contribution is 2.27. The van der Waals surface area contributed by atoms with Crippen LogP contribution in [0, 0.1) is 11.7 Å². The quantitative estimate of drug-likeness (QED) is 0.742. The summed E-state index contributed by atoms with van der Waals surface area (Å²) in [5.41, 5.74) is 0.870. The summed E-state index contributed by atoms with van der Waals surface area (Å²) in [4.78, 5) is 37.8. The van der Waals surface area contributed by atoms with Crippen molar-refractivity contribution in [3.8, 4) is 0 Å². The second kappa shape index (κ2) is 8.58. The number of benzene rings is 2. The van der Waals surface area contributed by atoms with E-state index in [1.807, 2.05) is 0 Å². The van der Waals surface area contributed by atoms with Crippen LogP contribution in [-0.4, -0.2) is 30.9 Å². The lowest BCUT2D eigenvalue weighted by Crippen LogP contribution is -2.28. The summed E-state index contributed by atoms with van der Waals surface area (Å²) in [6.45, 7) is -0.386. The average molecular weight is 425 g/mol. The monoisotopic (exact) mass is 424 g/mol. The Bertz CT molecular complexity index is 938. The van der Waals surface area contributed by atoms with Crippen LogP contribution in [0.1, 0.15) is 6.42 Å². The van der Waals surface area contributed by atoms with E-state index in [-0.39, 0.29) is 29.6 Å². The summed E-state index contributed by atoms with van der Waals surface area (Å²) in [6, 6.07) is 10.4. The molecule has 2 aromatic rings. The molecule has 1 heterocycles. The number of amides is 2. The first kappa shape index (κ1) is 20.1. The van der Waals surface area contributed by atoms with Crippen LogP contribution >= 0.6 is 23.2 Å². The van der Waals surface area contributed by atoms with Crippen molar-refractivity contribution >= 4 is 52.4 Å². The molecule has 0 aliphatic carbocycles. The minimum atomic E-state index is -0.681. The predicted molar refractivity (Wildman–Crippen MR) is 103 cm³/mol. The van der Waals surface area contributed by atoms with E-state index in [0.717, 1.165) is 6.07 Å². The van der Waals surface area contributed by atoms with Gasteiger partial charge in [-0.15, -0.1) is 0 Å². The molecule has 0 spiro atoms. The maximum atomic E-state index is 13.1. The van der Waals surface area contributed by atoms with Crippen LogP contribution in [0.25, 0.3) is 0 Å². The second-order valence-electron chi connectivity index (χ2n) is 6.17. The molecule has 0 aromatic heterocycles. The lowest BCUT2D eigenvalue weighted by atomic mass is 10.1. The molecule has 1 fully saturated rings. The molecule has 1 saturated heterocycles. The lowest BCUT2D eigenvalue weighted by Gasteiger charge is -2.16. The van der Waals surface area contributed by atoms with Crippen LogP contribution in [0.2, 0.25) is 10.0 Å². The zero-order valence-corrected chi connectivity index (χ0v) is 16.0. The Labute approximate surface area is 170 Å². The van der Waals surface area contributed by atoms with Crippen molar-refractivity contribution in [3.05, 3.63) is 58.3 Å². The van der Waals surface area contributed by atoms with Gasteiger partial charge in [0, 0.05) is 29.4 Å². The van der Waals surface area contributed by atoms with Crippen LogP contribution in [-0.2, 0) is 19.1 Å². The third kappa shape index (κ3) is 4.79. The minimum Gasteiger partial charge on any atom is -0.455 e. The summed E-state index contributed by atoms with van der Waals surface area (Å²) in [5.74, 6) is -2.77. The molecule has 2 aromatic carbocycles. The standard InChI is InChI=1S/C19H15Cl2FN2O4/c20-12-2-1-3-14(7-12)24-9-11(6-18(24)26)19(27)28-10-17(25)23-13-4-5-16(22)15(21)8-13/h1-5,7-8,11H,6,9-10H2,(H,23,25)/t11-/m0/s1. The van der Waals surface area contributed by atoms with Crippen LogP contribution in [0.3, 0.4) is 0 Å². The minimum absolute atomic E-state index is 0.0134. The van der Waals surface area contributed by atoms with Gasteiger partial charge in [0.05, 0.1) is 10.9 Å².